The van der Waals surface area contributed by atoms with E-state index >= 15 is 0 Å². The number of carbonyl (C=O) groups is 1. The molecular weight excluding hydrogens is 296 g/mol. The number of rotatable bonds is 1. The Hall–Kier alpha value is -2.94. The first-order valence-corrected chi connectivity index (χ1v) is 8.10. The zero-order valence-corrected chi connectivity index (χ0v) is 13.6. The highest BCUT2D eigenvalue weighted by molar-refractivity contribution is 5.94. The molecule has 118 valence electrons. The van der Waals surface area contributed by atoms with Crippen molar-refractivity contribution in [3.8, 4) is 11.1 Å². The van der Waals surface area contributed by atoms with Crippen LogP contribution >= 0.6 is 0 Å². The zero-order valence-electron chi connectivity index (χ0n) is 13.6. The third-order valence-electron chi connectivity index (χ3n) is 4.49. The molecule has 0 bridgehead atoms. The van der Waals surface area contributed by atoms with Gasteiger partial charge in [-0.15, -0.1) is 0 Å². The topological polar surface area (TPSA) is 33.2 Å². The van der Waals surface area contributed by atoms with Crippen molar-refractivity contribution >= 4 is 5.91 Å². The average Bonchev–Trinajstić information content (AvgIpc) is 2.79. The lowest BCUT2D eigenvalue weighted by Gasteiger charge is -2.21. The van der Waals surface area contributed by atoms with Gasteiger partial charge in [0, 0.05) is 25.0 Å². The maximum Gasteiger partial charge on any atom is 0.256 e. The van der Waals surface area contributed by atoms with E-state index < -0.39 is 0 Å². The molecule has 24 heavy (non-hydrogen) atoms. The Morgan fingerprint density at radius 1 is 0.875 bits per heavy atom. The number of aromatic nitrogens is 1. The minimum absolute atomic E-state index is 0.0222. The predicted octanol–water partition coefficient (Wildman–Crippen LogP) is 4.21. The third-order valence-corrected chi connectivity index (χ3v) is 4.49. The van der Waals surface area contributed by atoms with E-state index in [0.29, 0.717) is 18.7 Å². The van der Waals surface area contributed by atoms with E-state index in [1.54, 1.807) is 6.20 Å². The molecule has 1 amide bonds. The Balaban J connectivity index is 1.77. The molecule has 2 aromatic carbocycles. The van der Waals surface area contributed by atoms with Crippen molar-refractivity contribution in [2.45, 2.75) is 20.0 Å². The van der Waals surface area contributed by atoms with E-state index in [4.69, 9.17) is 0 Å². The van der Waals surface area contributed by atoms with Gasteiger partial charge < -0.3 is 4.90 Å². The smallest absolute Gasteiger partial charge is 0.256 e. The second-order valence-corrected chi connectivity index (χ2v) is 6.16. The van der Waals surface area contributed by atoms with Crippen molar-refractivity contribution in [1.29, 1.82) is 0 Å². The molecule has 1 aliphatic rings. The van der Waals surface area contributed by atoms with E-state index in [0.717, 1.165) is 5.69 Å². The number of amides is 1. The van der Waals surface area contributed by atoms with Crippen LogP contribution in [0.3, 0.4) is 0 Å². The normalized spacial score (nSPS) is 13.0. The van der Waals surface area contributed by atoms with Gasteiger partial charge >= 0.3 is 0 Å². The van der Waals surface area contributed by atoms with Gasteiger partial charge in [0.1, 0.15) is 0 Å². The maximum atomic E-state index is 13.0. The summed E-state index contributed by atoms with van der Waals surface area (Å²) in [6, 6.07) is 20.4. The summed E-state index contributed by atoms with van der Waals surface area (Å²) in [5.74, 6) is 0.0222. The number of hydrogen-bond donors (Lipinski definition) is 0. The van der Waals surface area contributed by atoms with Crippen LogP contribution in [0.4, 0.5) is 0 Å². The molecule has 0 N–H and O–H groups in total. The van der Waals surface area contributed by atoms with Crippen LogP contribution in [0.5, 0.6) is 0 Å². The summed E-state index contributed by atoms with van der Waals surface area (Å²) in [7, 11) is 0. The highest BCUT2D eigenvalue weighted by Crippen LogP contribution is 2.32. The molecule has 0 aliphatic carbocycles. The van der Waals surface area contributed by atoms with Crippen LogP contribution in [-0.2, 0) is 13.1 Å². The summed E-state index contributed by atoms with van der Waals surface area (Å²) < 4.78 is 0. The van der Waals surface area contributed by atoms with E-state index in [1.165, 1.54) is 22.3 Å². The van der Waals surface area contributed by atoms with Crippen LogP contribution in [0.15, 0.2) is 66.9 Å². The van der Waals surface area contributed by atoms with Crippen LogP contribution in [-0.4, -0.2) is 15.8 Å². The largest absolute Gasteiger partial charge is 0.330 e. The van der Waals surface area contributed by atoms with Crippen LogP contribution in [0.25, 0.3) is 11.1 Å². The van der Waals surface area contributed by atoms with Crippen LogP contribution in [0.1, 0.15) is 27.2 Å². The predicted molar refractivity (Wildman–Crippen MR) is 94.4 cm³/mol. The molecule has 3 nitrogen and oxygen atoms in total. The van der Waals surface area contributed by atoms with Gasteiger partial charge in [-0.3, -0.25) is 9.78 Å². The highest BCUT2D eigenvalue weighted by Gasteiger charge is 2.23. The molecule has 1 aliphatic heterocycles. The van der Waals surface area contributed by atoms with Crippen LogP contribution in [0, 0.1) is 6.92 Å². The van der Waals surface area contributed by atoms with Crippen molar-refractivity contribution < 1.29 is 4.79 Å². The SMILES string of the molecule is Cc1ccc(C(=O)N2Cc3ccccc3-c3ccccc3C2)cn1. The van der Waals surface area contributed by atoms with Gasteiger partial charge in [0.25, 0.3) is 5.91 Å². The molecule has 0 spiro atoms. The molecule has 3 heteroatoms. The van der Waals surface area contributed by atoms with Crippen molar-refractivity contribution in [3.05, 3.63) is 89.2 Å². The lowest BCUT2D eigenvalue weighted by Crippen LogP contribution is -2.29. The monoisotopic (exact) mass is 314 g/mol. The fourth-order valence-corrected chi connectivity index (χ4v) is 3.23. The van der Waals surface area contributed by atoms with E-state index in [9.17, 15) is 4.79 Å². The Labute approximate surface area is 141 Å². The molecule has 0 saturated carbocycles. The van der Waals surface area contributed by atoms with Gasteiger partial charge in [-0.1, -0.05) is 48.5 Å². The lowest BCUT2D eigenvalue weighted by atomic mass is 9.97. The van der Waals surface area contributed by atoms with Crippen molar-refractivity contribution in [2.24, 2.45) is 0 Å². The number of benzene rings is 2. The fraction of sp³-hybridized carbons (Fsp3) is 0.143. The molecule has 1 aromatic heterocycles. The van der Waals surface area contributed by atoms with Gasteiger partial charge in [0.05, 0.1) is 5.56 Å². The number of pyridine rings is 1. The average molecular weight is 314 g/mol. The van der Waals surface area contributed by atoms with Gasteiger partial charge in [0.15, 0.2) is 0 Å². The summed E-state index contributed by atoms with van der Waals surface area (Å²) >= 11 is 0. The summed E-state index contributed by atoms with van der Waals surface area (Å²) in [5, 5.41) is 0. The first-order valence-electron chi connectivity index (χ1n) is 8.10. The summed E-state index contributed by atoms with van der Waals surface area (Å²) in [4.78, 5) is 19.1. The Morgan fingerprint density at radius 2 is 1.46 bits per heavy atom. The standard InChI is InChI=1S/C21H18N2O/c1-15-10-11-16(12-22-15)21(24)23-13-17-6-2-4-8-19(17)20-9-5-3-7-18(20)14-23/h2-12H,13-14H2,1H3. The minimum Gasteiger partial charge on any atom is -0.330 e. The number of fused-ring (bicyclic) bond motifs is 3. The minimum atomic E-state index is 0.0222. The molecular formula is C21H18N2O. The summed E-state index contributed by atoms with van der Waals surface area (Å²) in [6.07, 6.45) is 1.67. The molecule has 0 radical (unpaired) electrons. The van der Waals surface area contributed by atoms with E-state index in [2.05, 4.69) is 41.4 Å². The number of hydrogen-bond acceptors (Lipinski definition) is 2. The van der Waals surface area contributed by atoms with Gasteiger partial charge in [-0.25, -0.2) is 0 Å². The first kappa shape index (κ1) is 14.6. The van der Waals surface area contributed by atoms with Crippen molar-refractivity contribution in [2.75, 3.05) is 0 Å². The molecule has 4 rings (SSSR count). The van der Waals surface area contributed by atoms with Gasteiger partial charge in [0.2, 0.25) is 0 Å². The Kier molecular flexibility index (Phi) is 3.62. The highest BCUT2D eigenvalue weighted by atomic mass is 16.2. The van der Waals surface area contributed by atoms with Crippen molar-refractivity contribution in [3.63, 3.8) is 0 Å². The second kappa shape index (κ2) is 5.93. The van der Waals surface area contributed by atoms with Gasteiger partial charge in [-0.05, 0) is 41.3 Å². The maximum absolute atomic E-state index is 13.0. The molecule has 0 unspecified atom stereocenters. The summed E-state index contributed by atoms with van der Waals surface area (Å²) in [6.45, 7) is 3.14. The zero-order chi connectivity index (χ0) is 16.5. The number of nitrogens with zero attached hydrogens (tertiary/aromatic N) is 2. The Bertz CT molecular complexity index is 852. The molecule has 2 heterocycles. The van der Waals surface area contributed by atoms with Crippen LogP contribution in [0.2, 0.25) is 0 Å². The second-order valence-electron chi connectivity index (χ2n) is 6.16. The fourth-order valence-electron chi connectivity index (χ4n) is 3.23. The number of aryl methyl sites for hydroxylation is 1. The van der Waals surface area contributed by atoms with E-state index in [1.807, 2.05) is 36.1 Å². The van der Waals surface area contributed by atoms with Gasteiger partial charge in [-0.2, -0.15) is 0 Å². The molecule has 3 aromatic rings. The quantitative estimate of drug-likeness (QED) is 0.674. The van der Waals surface area contributed by atoms with E-state index in [-0.39, 0.29) is 5.91 Å². The third kappa shape index (κ3) is 2.58. The number of carbonyl (C=O) groups excluding carboxylic acids is 1. The molecule has 0 fully saturated rings. The summed E-state index contributed by atoms with van der Waals surface area (Å²) in [5.41, 5.74) is 6.33. The first-order chi connectivity index (χ1) is 11.7. The molecule has 0 atom stereocenters. The molecule has 0 saturated heterocycles. The van der Waals surface area contributed by atoms with Crippen LogP contribution < -0.4 is 0 Å². The Morgan fingerprint density at radius 3 is 2.00 bits per heavy atom. The lowest BCUT2D eigenvalue weighted by molar-refractivity contribution is 0.0732. The van der Waals surface area contributed by atoms with Crippen molar-refractivity contribution in [1.82, 2.24) is 9.88 Å².